The van der Waals surface area contributed by atoms with Crippen LogP contribution in [0.3, 0.4) is 0 Å². The number of amides is 1. The molecule has 0 saturated carbocycles. The van der Waals surface area contributed by atoms with E-state index in [1.54, 1.807) is 6.92 Å². The first-order valence-electron chi connectivity index (χ1n) is 11.8. The zero-order valence-electron chi connectivity index (χ0n) is 20.6. The van der Waals surface area contributed by atoms with Crippen LogP contribution in [0.25, 0.3) is 21.9 Å². The van der Waals surface area contributed by atoms with Crippen molar-refractivity contribution >= 4 is 28.5 Å². The molecule has 0 heterocycles. The number of benzene rings is 4. The molecule has 0 aromatic heterocycles. The predicted octanol–water partition coefficient (Wildman–Crippen LogP) is 6.61. The molecule has 0 aliphatic heterocycles. The second-order valence-electron chi connectivity index (χ2n) is 8.36. The minimum absolute atomic E-state index is 0.257. The normalized spacial score (nSPS) is 11.5. The summed E-state index contributed by atoms with van der Waals surface area (Å²) in [5.41, 5.74) is 3.49. The van der Waals surface area contributed by atoms with Crippen molar-refractivity contribution in [3.8, 4) is 16.9 Å². The van der Waals surface area contributed by atoms with Gasteiger partial charge in [-0.3, -0.25) is 4.79 Å². The van der Waals surface area contributed by atoms with Crippen molar-refractivity contribution in [2.75, 3.05) is 19.1 Å². The summed E-state index contributed by atoms with van der Waals surface area (Å²) in [7, 11) is 2.74. The molecule has 1 amide bonds. The molecule has 0 bridgehead atoms. The number of methoxy groups -OCH3 is 2. The number of fused-ring (bicyclic) bond motifs is 1. The Hall–Kier alpha value is -4.32. The largest absolute Gasteiger partial charge is 0.470 e. The standard InChI is InChI=1S/C30H29NO5/c1-21(31(30(33)35-3)26-11-5-4-6-12-26)36-28-17-13-22(14-18-29(32)34-2)19-27(28)25-16-15-23-9-7-8-10-24(23)20-25/h4-13,15-17,19-21H,14,18H2,1-3H3. The first kappa shape index (κ1) is 24.8. The van der Waals surface area contributed by atoms with E-state index in [0.717, 1.165) is 27.5 Å². The van der Waals surface area contributed by atoms with Crippen molar-refractivity contribution in [2.24, 2.45) is 0 Å². The number of anilines is 1. The number of nitrogens with zero attached hydrogens (tertiary/aromatic N) is 1. The van der Waals surface area contributed by atoms with Gasteiger partial charge in [-0.15, -0.1) is 0 Å². The van der Waals surface area contributed by atoms with Crippen molar-refractivity contribution in [3.63, 3.8) is 0 Å². The number of carbonyl (C=O) groups is 2. The molecule has 6 nitrogen and oxygen atoms in total. The van der Waals surface area contributed by atoms with Crippen molar-refractivity contribution < 1.29 is 23.8 Å². The van der Waals surface area contributed by atoms with Crippen LogP contribution in [0, 0.1) is 0 Å². The highest BCUT2D eigenvalue weighted by atomic mass is 16.6. The smallest absolute Gasteiger partial charge is 0.416 e. The van der Waals surface area contributed by atoms with Gasteiger partial charge in [0.1, 0.15) is 5.75 Å². The summed E-state index contributed by atoms with van der Waals surface area (Å²) < 4.78 is 16.2. The lowest BCUT2D eigenvalue weighted by Gasteiger charge is -2.29. The number of hydrogen-bond acceptors (Lipinski definition) is 5. The average molecular weight is 484 g/mol. The lowest BCUT2D eigenvalue weighted by molar-refractivity contribution is -0.140. The van der Waals surface area contributed by atoms with Crippen LogP contribution in [-0.2, 0) is 20.7 Å². The third kappa shape index (κ3) is 5.66. The Labute approximate surface area is 211 Å². The molecule has 0 fully saturated rings. The number of aryl methyl sites for hydroxylation is 1. The van der Waals surface area contributed by atoms with Crippen LogP contribution in [0.4, 0.5) is 10.5 Å². The van der Waals surface area contributed by atoms with Gasteiger partial charge < -0.3 is 14.2 Å². The van der Waals surface area contributed by atoms with Crippen LogP contribution in [0.2, 0.25) is 0 Å². The summed E-state index contributed by atoms with van der Waals surface area (Å²) in [5, 5.41) is 2.24. The monoisotopic (exact) mass is 483 g/mol. The van der Waals surface area contributed by atoms with Gasteiger partial charge in [0, 0.05) is 12.0 Å². The fourth-order valence-electron chi connectivity index (χ4n) is 4.15. The van der Waals surface area contributed by atoms with E-state index in [2.05, 4.69) is 30.3 Å². The molecule has 0 spiro atoms. The zero-order chi connectivity index (χ0) is 25.5. The molecule has 36 heavy (non-hydrogen) atoms. The molecule has 1 unspecified atom stereocenters. The number of rotatable bonds is 8. The second-order valence-corrected chi connectivity index (χ2v) is 8.36. The first-order valence-corrected chi connectivity index (χ1v) is 11.8. The minimum Gasteiger partial charge on any atom is -0.470 e. The van der Waals surface area contributed by atoms with Crippen LogP contribution in [0.5, 0.6) is 5.75 Å². The second kappa shape index (κ2) is 11.4. The van der Waals surface area contributed by atoms with Gasteiger partial charge in [-0.25, -0.2) is 9.69 Å². The topological polar surface area (TPSA) is 65.1 Å². The third-order valence-electron chi connectivity index (χ3n) is 6.02. The summed E-state index contributed by atoms with van der Waals surface area (Å²) in [6.45, 7) is 1.80. The Morgan fingerprint density at radius 1 is 0.806 bits per heavy atom. The van der Waals surface area contributed by atoms with Gasteiger partial charge in [0.05, 0.1) is 19.9 Å². The van der Waals surface area contributed by atoms with Crippen molar-refractivity contribution in [3.05, 3.63) is 96.6 Å². The molecule has 184 valence electrons. The third-order valence-corrected chi connectivity index (χ3v) is 6.02. The summed E-state index contributed by atoms with van der Waals surface area (Å²) in [5.74, 6) is 0.359. The Morgan fingerprint density at radius 2 is 1.53 bits per heavy atom. The molecule has 0 aliphatic rings. The van der Waals surface area contributed by atoms with E-state index < -0.39 is 12.3 Å². The Bertz CT molecular complexity index is 1350. The summed E-state index contributed by atoms with van der Waals surface area (Å²) in [6.07, 6.45) is -0.342. The lowest BCUT2D eigenvalue weighted by Crippen LogP contribution is -2.42. The number of ether oxygens (including phenoxy) is 3. The summed E-state index contributed by atoms with van der Waals surface area (Å²) >= 11 is 0. The molecule has 0 saturated heterocycles. The van der Waals surface area contributed by atoms with E-state index >= 15 is 0 Å². The Morgan fingerprint density at radius 3 is 2.25 bits per heavy atom. The molecule has 4 aromatic rings. The first-order chi connectivity index (χ1) is 17.5. The van der Waals surface area contributed by atoms with Gasteiger partial charge >= 0.3 is 12.1 Å². The van der Waals surface area contributed by atoms with Crippen LogP contribution < -0.4 is 9.64 Å². The molecule has 0 radical (unpaired) electrons. The van der Waals surface area contributed by atoms with E-state index in [1.165, 1.54) is 19.1 Å². The predicted molar refractivity (Wildman–Crippen MR) is 141 cm³/mol. The molecular weight excluding hydrogens is 454 g/mol. The summed E-state index contributed by atoms with van der Waals surface area (Å²) in [6, 6.07) is 29.5. The highest BCUT2D eigenvalue weighted by molar-refractivity contribution is 5.89. The maximum Gasteiger partial charge on any atom is 0.416 e. The van der Waals surface area contributed by atoms with Gasteiger partial charge in [0.15, 0.2) is 6.23 Å². The summed E-state index contributed by atoms with van der Waals surface area (Å²) in [4.78, 5) is 25.8. The number of carbonyl (C=O) groups excluding carboxylic acids is 2. The molecule has 6 heteroatoms. The Kier molecular flexibility index (Phi) is 7.85. The maximum atomic E-state index is 12.7. The maximum absolute atomic E-state index is 12.7. The Balaban J connectivity index is 1.72. The highest BCUT2D eigenvalue weighted by Crippen LogP contribution is 2.35. The fourth-order valence-corrected chi connectivity index (χ4v) is 4.15. The zero-order valence-corrected chi connectivity index (χ0v) is 20.6. The van der Waals surface area contributed by atoms with Crippen LogP contribution >= 0.6 is 0 Å². The van der Waals surface area contributed by atoms with Crippen molar-refractivity contribution in [1.82, 2.24) is 0 Å². The van der Waals surface area contributed by atoms with E-state index in [-0.39, 0.29) is 12.4 Å². The van der Waals surface area contributed by atoms with Gasteiger partial charge in [-0.2, -0.15) is 0 Å². The van der Waals surface area contributed by atoms with Gasteiger partial charge in [0.25, 0.3) is 0 Å². The highest BCUT2D eigenvalue weighted by Gasteiger charge is 2.25. The molecule has 4 aromatic carbocycles. The van der Waals surface area contributed by atoms with E-state index in [0.29, 0.717) is 17.9 Å². The quantitative estimate of drug-likeness (QED) is 0.208. The molecule has 4 rings (SSSR count). The fraction of sp³-hybridized carbons (Fsp3) is 0.200. The number of para-hydroxylation sites is 1. The number of esters is 1. The van der Waals surface area contributed by atoms with Crippen LogP contribution in [-0.4, -0.2) is 32.5 Å². The molecular formula is C30H29NO5. The van der Waals surface area contributed by atoms with E-state index in [4.69, 9.17) is 14.2 Å². The SMILES string of the molecule is COC(=O)CCc1ccc(OC(C)N(C(=O)OC)c2ccccc2)c(-c2ccc3ccccc3c2)c1. The number of hydrogen-bond donors (Lipinski definition) is 0. The minimum atomic E-state index is -0.653. The molecule has 0 N–H and O–H groups in total. The van der Waals surface area contributed by atoms with E-state index in [1.807, 2.05) is 60.7 Å². The van der Waals surface area contributed by atoms with Crippen molar-refractivity contribution in [2.45, 2.75) is 26.0 Å². The molecule has 0 aliphatic carbocycles. The van der Waals surface area contributed by atoms with Crippen LogP contribution in [0.15, 0.2) is 91.0 Å². The lowest BCUT2D eigenvalue weighted by atomic mass is 9.97. The van der Waals surface area contributed by atoms with Gasteiger partial charge in [-0.1, -0.05) is 60.7 Å². The van der Waals surface area contributed by atoms with Gasteiger partial charge in [-0.05, 0) is 65.6 Å². The molecule has 1 atom stereocenters. The van der Waals surface area contributed by atoms with Gasteiger partial charge in [0.2, 0.25) is 0 Å². The van der Waals surface area contributed by atoms with E-state index in [9.17, 15) is 9.59 Å². The van der Waals surface area contributed by atoms with Crippen LogP contribution in [0.1, 0.15) is 18.9 Å². The van der Waals surface area contributed by atoms with Crippen molar-refractivity contribution in [1.29, 1.82) is 0 Å². The average Bonchev–Trinajstić information content (AvgIpc) is 2.92.